The number of anilines is 2. The molecule has 0 unspecified atom stereocenters. The van der Waals surface area contributed by atoms with Crippen molar-refractivity contribution in [3.8, 4) is 11.1 Å². The summed E-state index contributed by atoms with van der Waals surface area (Å²) in [6.07, 6.45) is 2.74. The number of amides is 2. The van der Waals surface area contributed by atoms with Gasteiger partial charge in [-0.15, -0.1) is 0 Å². The fraction of sp³-hybridized carbons (Fsp3) is 0.143. The molecule has 25 heavy (non-hydrogen) atoms. The van der Waals surface area contributed by atoms with Crippen molar-refractivity contribution in [1.82, 2.24) is 4.98 Å². The van der Waals surface area contributed by atoms with Gasteiger partial charge in [0.25, 0.3) is 0 Å². The molecule has 0 saturated carbocycles. The highest BCUT2D eigenvalue weighted by atomic mass is 16.2. The number of benzene rings is 2. The third-order valence-electron chi connectivity index (χ3n) is 3.97. The Labute approximate surface area is 147 Å². The van der Waals surface area contributed by atoms with Crippen LogP contribution >= 0.6 is 0 Å². The first-order valence-corrected chi connectivity index (χ1v) is 8.34. The maximum Gasteiger partial charge on any atom is 0.323 e. The van der Waals surface area contributed by atoms with Crippen LogP contribution in [0.3, 0.4) is 0 Å². The van der Waals surface area contributed by atoms with Crippen molar-refractivity contribution in [2.45, 2.75) is 20.3 Å². The standard InChI is InChI=1S/C21H21N3O/c1-3-16-5-4-6-20(14-16)24-21(25)23-19-9-7-17(8-10-19)18-11-12-22-15(2)13-18/h4-14H,3H2,1-2H3,(H2,23,24,25). The fourth-order valence-electron chi connectivity index (χ4n) is 2.63. The molecule has 2 amide bonds. The number of aryl methyl sites for hydroxylation is 2. The van der Waals surface area contributed by atoms with E-state index in [0.29, 0.717) is 0 Å². The minimum Gasteiger partial charge on any atom is -0.308 e. The van der Waals surface area contributed by atoms with E-state index >= 15 is 0 Å². The summed E-state index contributed by atoms with van der Waals surface area (Å²) >= 11 is 0. The number of nitrogens with zero attached hydrogens (tertiary/aromatic N) is 1. The Morgan fingerprint density at radius 1 is 0.920 bits per heavy atom. The highest BCUT2D eigenvalue weighted by molar-refractivity contribution is 5.99. The van der Waals surface area contributed by atoms with Gasteiger partial charge in [0, 0.05) is 23.3 Å². The number of pyridine rings is 1. The lowest BCUT2D eigenvalue weighted by Crippen LogP contribution is -2.19. The van der Waals surface area contributed by atoms with Gasteiger partial charge in [-0.2, -0.15) is 0 Å². The predicted molar refractivity (Wildman–Crippen MR) is 103 cm³/mol. The van der Waals surface area contributed by atoms with Gasteiger partial charge in [0.05, 0.1) is 0 Å². The molecular weight excluding hydrogens is 310 g/mol. The molecule has 0 atom stereocenters. The maximum absolute atomic E-state index is 12.2. The van der Waals surface area contributed by atoms with Crippen LogP contribution in [-0.4, -0.2) is 11.0 Å². The monoisotopic (exact) mass is 331 g/mol. The Balaban J connectivity index is 1.65. The lowest BCUT2D eigenvalue weighted by Gasteiger charge is -2.09. The van der Waals surface area contributed by atoms with E-state index in [2.05, 4.69) is 22.5 Å². The summed E-state index contributed by atoms with van der Waals surface area (Å²) in [6, 6.07) is 19.4. The van der Waals surface area contributed by atoms with Crippen molar-refractivity contribution >= 4 is 17.4 Å². The molecule has 2 aromatic carbocycles. The number of carbonyl (C=O) groups is 1. The summed E-state index contributed by atoms with van der Waals surface area (Å²) in [4.78, 5) is 16.4. The van der Waals surface area contributed by atoms with Crippen LogP contribution in [-0.2, 0) is 6.42 Å². The van der Waals surface area contributed by atoms with Gasteiger partial charge >= 0.3 is 6.03 Å². The zero-order valence-corrected chi connectivity index (χ0v) is 14.4. The van der Waals surface area contributed by atoms with Crippen molar-refractivity contribution in [3.63, 3.8) is 0 Å². The van der Waals surface area contributed by atoms with Gasteiger partial charge in [-0.3, -0.25) is 4.98 Å². The predicted octanol–water partition coefficient (Wildman–Crippen LogP) is 5.26. The van der Waals surface area contributed by atoms with Crippen LogP contribution in [0.15, 0.2) is 66.9 Å². The summed E-state index contributed by atoms with van der Waals surface area (Å²) < 4.78 is 0. The second-order valence-corrected chi connectivity index (χ2v) is 5.90. The van der Waals surface area contributed by atoms with Crippen molar-refractivity contribution in [2.24, 2.45) is 0 Å². The Hall–Kier alpha value is -3.14. The molecule has 2 N–H and O–H groups in total. The molecule has 1 aromatic heterocycles. The highest BCUT2D eigenvalue weighted by Crippen LogP contribution is 2.21. The van der Waals surface area contributed by atoms with Crippen molar-refractivity contribution in [2.75, 3.05) is 10.6 Å². The number of hydrogen-bond acceptors (Lipinski definition) is 2. The van der Waals surface area contributed by atoms with Crippen molar-refractivity contribution in [1.29, 1.82) is 0 Å². The maximum atomic E-state index is 12.2. The summed E-state index contributed by atoms with van der Waals surface area (Å²) in [7, 11) is 0. The Kier molecular flexibility index (Phi) is 5.09. The van der Waals surface area contributed by atoms with Gasteiger partial charge in [-0.1, -0.05) is 31.2 Å². The van der Waals surface area contributed by atoms with Crippen molar-refractivity contribution in [3.05, 3.63) is 78.1 Å². The van der Waals surface area contributed by atoms with E-state index in [4.69, 9.17) is 0 Å². The van der Waals surface area contributed by atoms with E-state index in [0.717, 1.165) is 34.6 Å². The van der Waals surface area contributed by atoms with Crippen LogP contribution in [0.25, 0.3) is 11.1 Å². The van der Waals surface area contributed by atoms with Crippen LogP contribution < -0.4 is 10.6 Å². The van der Waals surface area contributed by atoms with E-state index in [1.165, 1.54) is 5.56 Å². The second kappa shape index (κ2) is 7.62. The van der Waals surface area contributed by atoms with E-state index in [1.54, 1.807) is 6.20 Å². The second-order valence-electron chi connectivity index (χ2n) is 5.90. The number of hydrogen-bond donors (Lipinski definition) is 2. The Morgan fingerprint density at radius 2 is 1.68 bits per heavy atom. The van der Waals surface area contributed by atoms with Gasteiger partial charge < -0.3 is 10.6 Å². The third-order valence-corrected chi connectivity index (χ3v) is 3.97. The SMILES string of the molecule is CCc1cccc(NC(=O)Nc2ccc(-c3ccnc(C)c3)cc2)c1. The minimum absolute atomic E-state index is 0.249. The van der Waals surface area contributed by atoms with E-state index in [1.807, 2.05) is 67.6 Å². The van der Waals surface area contributed by atoms with Gasteiger partial charge in [0.15, 0.2) is 0 Å². The Morgan fingerprint density at radius 3 is 2.40 bits per heavy atom. The Bertz CT molecular complexity index is 872. The molecule has 4 nitrogen and oxygen atoms in total. The first-order chi connectivity index (χ1) is 12.1. The fourth-order valence-corrected chi connectivity index (χ4v) is 2.63. The van der Waals surface area contributed by atoms with Gasteiger partial charge in [-0.05, 0) is 66.4 Å². The summed E-state index contributed by atoms with van der Waals surface area (Å²) in [5.41, 5.74) is 5.91. The van der Waals surface area contributed by atoms with E-state index in [9.17, 15) is 4.79 Å². The molecule has 1 heterocycles. The number of urea groups is 1. The van der Waals surface area contributed by atoms with Crippen molar-refractivity contribution < 1.29 is 4.79 Å². The zero-order chi connectivity index (χ0) is 17.6. The highest BCUT2D eigenvalue weighted by Gasteiger charge is 2.04. The number of aromatic nitrogens is 1. The van der Waals surface area contributed by atoms with Crippen LogP contribution in [0.4, 0.5) is 16.2 Å². The van der Waals surface area contributed by atoms with Crippen LogP contribution in [0.5, 0.6) is 0 Å². The molecule has 0 fully saturated rings. The normalized spacial score (nSPS) is 10.3. The van der Waals surface area contributed by atoms with Crippen LogP contribution in [0, 0.1) is 6.92 Å². The minimum atomic E-state index is -0.249. The molecule has 0 aliphatic rings. The molecule has 0 aliphatic heterocycles. The molecule has 4 heteroatoms. The average molecular weight is 331 g/mol. The van der Waals surface area contributed by atoms with Gasteiger partial charge in [-0.25, -0.2) is 4.79 Å². The van der Waals surface area contributed by atoms with Crippen LogP contribution in [0.2, 0.25) is 0 Å². The summed E-state index contributed by atoms with van der Waals surface area (Å²) in [6.45, 7) is 4.06. The lowest BCUT2D eigenvalue weighted by atomic mass is 10.1. The van der Waals surface area contributed by atoms with Crippen LogP contribution in [0.1, 0.15) is 18.2 Å². The molecule has 126 valence electrons. The first kappa shape index (κ1) is 16.7. The molecule has 0 spiro atoms. The zero-order valence-electron chi connectivity index (χ0n) is 14.4. The van der Waals surface area contributed by atoms with Gasteiger partial charge in [0.2, 0.25) is 0 Å². The lowest BCUT2D eigenvalue weighted by molar-refractivity contribution is 0.262. The smallest absolute Gasteiger partial charge is 0.308 e. The molecular formula is C21H21N3O. The largest absolute Gasteiger partial charge is 0.323 e. The third kappa shape index (κ3) is 4.44. The molecule has 0 saturated heterocycles. The number of rotatable bonds is 4. The van der Waals surface area contributed by atoms with E-state index in [-0.39, 0.29) is 6.03 Å². The van der Waals surface area contributed by atoms with Gasteiger partial charge in [0.1, 0.15) is 0 Å². The molecule has 3 aromatic rings. The van der Waals surface area contributed by atoms with E-state index < -0.39 is 0 Å². The number of carbonyl (C=O) groups excluding carboxylic acids is 1. The quantitative estimate of drug-likeness (QED) is 0.685. The summed E-state index contributed by atoms with van der Waals surface area (Å²) in [5.74, 6) is 0. The molecule has 0 radical (unpaired) electrons. The summed E-state index contributed by atoms with van der Waals surface area (Å²) in [5, 5.41) is 5.72. The average Bonchev–Trinajstić information content (AvgIpc) is 2.62. The molecule has 3 rings (SSSR count). The number of nitrogens with one attached hydrogen (secondary N) is 2. The first-order valence-electron chi connectivity index (χ1n) is 8.34. The molecule has 0 bridgehead atoms. The topological polar surface area (TPSA) is 54.0 Å². The molecule has 0 aliphatic carbocycles.